The van der Waals surface area contributed by atoms with E-state index in [1.165, 1.54) is 25.1 Å². The van der Waals surface area contributed by atoms with Gasteiger partial charge in [0.2, 0.25) is 0 Å². The number of rotatable bonds is 4. The highest BCUT2D eigenvalue weighted by molar-refractivity contribution is 14.0. The number of nitrogens with zero attached hydrogens (tertiary/aromatic N) is 3. The summed E-state index contributed by atoms with van der Waals surface area (Å²) < 4.78 is 12.9. The minimum absolute atomic E-state index is 0. The molecule has 1 saturated heterocycles. The van der Waals surface area contributed by atoms with Crippen LogP contribution in [-0.4, -0.2) is 56.5 Å². The zero-order valence-electron chi connectivity index (χ0n) is 13.6. The first-order chi connectivity index (χ1) is 10.1. The quantitative estimate of drug-likeness (QED) is 0.461. The molecule has 0 spiro atoms. The summed E-state index contributed by atoms with van der Waals surface area (Å²) in [5.74, 6) is 1.37. The van der Waals surface area contributed by atoms with Gasteiger partial charge in [-0.1, -0.05) is 12.1 Å². The maximum atomic E-state index is 12.9. The van der Waals surface area contributed by atoms with Crippen molar-refractivity contribution in [2.75, 3.05) is 40.8 Å². The van der Waals surface area contributed by atoms with Gasteiger partial charge in [0, 0.05) is 33.7 Å². The zero-order valence-corrected chi connectivity index (χ0v) is 15.9. The van der Waals surface area contributed by atoms with Crippen molar-refractivity contribution in [3.8, 4) is 0 Å². The fourth-order valence-corrected chi connectivity index (χ4v) is 2.75. The first kappa shape index (κ1) is 19.2. The molecule has 1 heterocycles. The minimum atomic E-state index is -0.200. The van der Waals surface area contributed by atoms with Crippen molar-refractivity contribution in [1.82, 2.24) is 15.1 Å². The van der Waals surface area contributed by atoms with Crippen LogP contribution in [0.4, 0.5) is 4.39 Å². The monoisotopic (exact) mass is 420 g/mol. The molecular formula is C16H26FIN4. The van der Waals surface area contributed by atoms with E-state index < -0.39 is 0 Å². The zero-order chi connectivity index (χ0) is 15.2. The maximum Gasteiger partial charge on any atom is 0.193 e. The molecular weight excluding hydrogens is 394 g/mol. The molecule has 1 unspecified atom stereocenters. The van der Waals surface area contributed by atoms with Gasteiger partial charge in [-0.15, -0.1) is 24.0 Å². The summed E-state index contributed by atoms with van der Waals surface area (Å²) in [5, 5.41) is 3.44. The Morgan fingerprint density at radius 1 is 1.41 bits per heavy atom. The third-order valence-corrected chi connectivity index (χ3v) is 3.94. The Morgan fingerprint density at radius 3 is 2.64 bits per heavy atom. The lowest BCUT2D eigenvalue weighted by Crippen LogP contribution is -2.41. The highest BCUT2D eigenvalue weighted by atomic mass is 127. The molecule has 22 heavy (non-hydrogen) atoms. The van der Waals surface area contributed by atoms with Crippen molar-refractivity contribution in [2.45, 2.75) is 13.0 Å². The van der Waals surface area contributed by atoms with Crippen molar-refractivity contribution >= 4 is 29.9 Å². The van der Waals surface area contributed by atoms with Crippen LogP contribution in [0.15, 0.2) is 29.3 Å². The molecule has 1 aliphatic rings. The number of nitrogens with one attached hydrogen (secondary N) is 1. The Labute approximate surface area is 149 Å². The summed E-state index contributed by atoms with van der Waals surface area (Å²) in [5.41, 5.74) is 1.07. The molecule has 0 saturated carbocycles. The van der Waals surface area contributed by atoms with Gasteiger partial charge in [0.05, 0.1) is 0 Å². The molecule has 124 valence electrons. The van der Waals surface area contributed by atoms with Crippen LogP contribution in [0.3, 0.4) is 0 Å². The van der Waals surface area contributed by atoms with Crippen LogP contribution in [0.1, 0.15) is 12.0 Å². The topological polar surface area (TPSA) is 30.9 Å². The summed E-state index contributed by atoms with van der Waals surface area (Å²) in [7, 11) is 5.96. The largest absolute Gasteiger partial charge is 0.356 e. The second kappa shape index (κ2) is 9.29. The SMILES string of the molecule is CN=C(NCC1CCN(C)C1)N(C)Cc1ccc(F)cc1.I. The van der Waals surface area contributed by atoms with Crippen molar-refractivity contribution in [3.05, 3.63) is 35.6 Å². The lowest BCUT2D eigenvalue weighted by Gasteiger charge is -2.23. The fraction of sp³-hybridized carbons (Fsp3) is 0.562. The lowest BCUT2D eigenvalue weighted by molar-refractivity contribution is 0.390. The minimum Gasteiger partial charge on any atom is -0.356 e. The lowest BCUT2D eigenvalue weighted by atomic mass is 10.1. The normalized spacial score (nSPS) is 18.9. The number of hydrogen-bond acceptors (Lipinski definition) is 2. The predicted molar refractivity (Wildman–Crippen MR) is 100 cm³/mol. The summed E-state index contributed by atoms with van der Waals surface area (Å²) in [6, 6.07) is 6.61. The van der Waals surface area contributed by atoms with Crippen molar-refractivity contribution in [2.24, 2.45) is 10.9 Å². The van der Waals surface area contributed by atoms with Crippen LogP contribution in [0.5, 0.6) is 0 Å². The summed E-state index contributed by atoms with van der Waals surface area (Å²) >= 11 is 0. The standard InChI is InChI=1S/C16H25FN4.HI/c1-18-16(19-10-14-8-9-20(2)11-14)21(3)12-13-4-6-15(17)7-5-13;/h4-7,14H,8-12H2,1-3H3,(H,18,19);1H. The Bertz CT molecular complexity index is 478. The van der Waals surface area contributed by atoms with E-state index in [0.717, 1.165) is 24.6 Å². The van der Waals surface area contributed by atoms with Gasteiger partial charge >= 0.3 is 0 Å². The van der Waals surface area contributed by atoms with Crippen molar-refractivity contribution < 1.29 is 4.39 Å². The van der Waals surface area contributed by atoms with E-state index in [0.29, 0.717) is 12.5 Å². The molecule has 1 aromatic carbocycles. The fourth-order valence-electron chi connectivity index (χ4n) is 2.75. The number of hydrogen-bond donors (Lipinski definition) is 1. The highest BCUT2D eigenvalue weighted by Crippen LogP contribution is 2.13. The third kappa shape index (κ3) is 5.72. The van der Waals surface area contributed by atoms with Crippen LogP contribution in [0.25, 0.3) is 0 Å². The summed E-state index contributed by atoms with van der Waals surface area (Å²) in [4.78, 5) is 8.75. The molecule has 1 atom stereocenters. The summed E-state index contributed by atoms with van der Waals surface area (Å²) in [6.45, 7) is 3.98. The molecule has 0 aromatic heterocycles. The van der Waals surface area contributed by atoms with Gasteiger partial charge < -0.3 is 15.1 Å². The van der Waals surface area contributed by atoms with E-state index in [1.807, 2.05) is 19.2 Å². The van der Waals surface area contributed by atoms with E-state index in [4.69, 9.17) is 0 Å². The second-order valence-electron chi connectivity index (χ2n) is 5.83. The molecule has 0 radical (unpaired) electrons. The van der Waals surface area contributed by atoms with Crippen LogP contribution in [0.2, 0.25) is 0 Å². The van der Waals surface area contributed by atoms with Gasteiger partial charge in [-0.25, -0.2) is 4.39 Å². The third-order valence-electron chi connectivity index (χ3n) is 3.94. The average Bonchev–Trinajstić information content (AvgIpc) is 2.88. The highest BCUT2D eigenvalue weighted by Gasteiger charge is 2.19. The molecule has 0 bridgehead atoms. The predicted octanol–water partition coefficient (Wildman–Crippen LogP) is 2.40. The first-order valence-electron chi connectivity index (χ1n) is 7.43. The Hall–Kier alpha value is -0.890. The maximum absolute atomic E-state index is 12.9. The molecule has 2 rings (SSSR count). The van der Waals surface area contributed by atoms with E-state index in [2.05, 4.69) is 27.2 Å². The second-order valence-corrected chi connectivity index (χ2v) is 5.83. The molecule has 1 aromatic rings. The molecule has 1 fully saturated rings. The average molecular weight is 420 g/mol. The van der Waals surface area contributed by atoms with Gasteiger partial charge in [0.15, 0.2) is 5.96 Å². The Kier molecular flexibility index (Phi) is 8.09. The van der Waals surface area contributed by atoms with Gasteiger partial charge in [-0.05, 0) is 43.6 Å². The van der Waals surface area contributed by atoms with Crippen molar-refractivity contribution in [1.29, 1.82) is 0 Å². The molecule has 4 nitrogen and oxygen atoms in total. The van der Waals surface area contributed by atoms with Gasteiger partial charge in [0.25, 0.3) is 0 Å². The van der Waals surface area contributed by atoms with E-state index in [9.17, 15) is 4.39 Å². The number of halogens is 2. The van der Waals surface area contributed by atoms with Gasteiger partial charge in [0.1, 0.15) is 5.82 Å². The first-order valence-corrected chi connectivity index (χ1v) is 7.43. The molecule has 0 amide bonds. The Morgan fingerprint density at radius 2 is 2.09 bits per heavy atom. The van der Waals surface area contributed by atoms with Crippen LogP contribution in [0, 0.1) is 11.7 Å². The summed E-state index contributed by atoms with van der Waals surface area (Å²) in [6.07, 6.45) is 1.24. The number of guanidine groups is 1. The van der Waals surface area contributed by atoms with Crippen LogP contribution < -0.4 is 5.32 Å². The number of likely N-dealkylation sites (tertiary alicyclic amines) is 1. The van der Waals surface area contributed by atoms with Crippen LogP contribution >= 0.6 is 24.0 Å². The van der Waals surface area contributed by atoms with Crippen LogP contribution in [-0.2, 0) is 6.54 Å². The van der Waals surface area contributed by atoms with E-state index >= 15 is 0 Å². The number of aliphatic imine (C=N–C) groups is 1. The smallest absolute Gasteiger partial charge is 0.193 e. The van der Waals surface area contributed by atoms with E-state index in [-0.39, 0.29) is 29.8 Å². The number of benzene rings is 1. The molecule has 6 heteroatoms. The Balaban J connectivity index is 0.00000242. The van der Waals surface area contributed by atoms with Gasteiger partial charge in [-0.3, -0.25) is 4.99 Å². The molecule has 1 aliphatic heterocycles. The van der Waals surface area contributed by atoms with E-state index in [1.54, 1.807) is 7.05 Å². The molecule has 0 aliphatic carbocycles. The van der Waals surface area contributed by atoms with Gasteiger partial charge in [-0.2, -0.15) is 0 Å². The van der Waals surface area contributed by atoms with Crippen molar-refractivity contribution in [3.63, 3.8) is 0 Å². The molecule has 1 N–H and O–H groups in total.